The quantitative estimate of drug-likeness (QED) is 0.878. The summed E-state index contributed by atoms with van der Waals surface area (Å²) >= 11 is 7.85. The molecule has 114 valence electrons. The third-order valence-corrected chi connectivity index (χ3v) is 4.72. The van der Waals surface area contributed by atoms with E-state index in [0.717, 1.165) is 20.6 Å². The number of anilines is 1. The van der Waals surface area contributed by atoms with Crippen LogP contribution in [0.4, 0.5) is 5.13 Å². The van der Waals surface area contributed by atoms with Crippen LogP contribution in [0.2, 0.25) is 5.02 Å². The van der Waals surface area contributed by atoms with E-state index in [1.165, 1.54) is 0 Å². The molecule has 0 saturated carbocycles. The number of benzene rings is 1. The van der Waals surface area contributed by atoms with Crippen molar-refractivity contribution in [2.24, 2.45) is 0 Å². The second-order valence-electron chi connectivity index (χ2n) is 4.95. The molecule has 2 rings (SSSR count). The standard InChI is InChI=1S/C15H20ClN3OS/c1-10(11-7-5-6-8-12(11)16)17-9-13-14(20-4)18-15(21-13)19(2)3/h5-8,10,17H,9H2,1-4H3. The topological polar surface area (TPSA) is 37.4 Å². The molecule has 0 radical (unpaired) electrons. The molecule has 0 spiro atoms. The number of hydrogen-bond acceptors (Lipinski definition) is 5. The molecule has 1 aromatic heterocycles. The fourth-order valence-corrected chi connectivity index (χ4v) is 3.17. The van der Waals surface area contributed by atoms with E-state index in [1.807, 2.05) is 43.3 Å². The van der Waals surface area contributed by atoms with Gasteiger partial charge in [-0.15, -0.1) is 0 Å². The Bertz CT molecular complexity index is 600. The van der Waals surface area contributed by atoms with Gasteiger partial charge in [-0.1, -0.05) is 41.1 Å². The zero-order valence-corrected chi connectivity index (χ0v) is 14.3. The Morgan fingerprint density at radius 2 is 2.10 bits per heavy atom. The van der Waals surface area contributed by atoms with Gasteiger partial charge < -0.3 is 15.0 Å². The predicted octanol–water partition coefficient (Wildman–Crippen LogP) is 3.72. The van der Waals surface area contributed by atoms with Gasteiger partial charge in [0.25, 0.3) is 0 Å². The van der Waals surface area contributed by atoms with E-state index in [9.17, 15) is 0 Å². The third-order valence-electron chi connectivity index (χ3n) is 3.17. The van der Waals surface area contributed by atoms with E-state index in [-0.39, 0.29) is 6.04 Å². The number of aromatic nitrogens is 1. The first-order valence-electron chi connectivity index (χ1n) is 6.71. The Kier molecular flexibility index (Phi) is 5.45. The van der Waals surface area contributed by atoms with Gasteiger partial charge in [0, 0.05) is 31.7 Å². The van der Waals surface area contributed by atoms with Crippen molar-refractivity contribution in [3.8, 4) is 5.88 Å². The highest BCUT2D eigenvalue weighted by Gasteiger charge is 2.15. The highest BCUT2D eigenvalue weighted by molar-refractivity contribution is 7.15. The zero-order valence-electron chi connectivity index (χ0n) is 12.7. The lowest BCUT2D eigenvalue weighted by Gasteiger charge is -2.15. The highest BCUT2D eigenvalue weighted by Crippen LogP contribution is 2.31. The third kappa shape index (κ3) is 3.87. The molecule has 0 fully saturated rings. The smallest absolute Gasteiger partial charge is 0.230 e. The van der Waals surface area contributed by atoms with Crippen LogP contribution in [0.15, 0.2) is 24.3 Å². The van der Waals surface area contributed by atoms with Crippen molar-refractivity contribution < 1.29 is 4.74 Å². The van der Waals surface area contributed by atoms with Crippen molar-refractivity contribution >= 4 is 28.1 Å². The summed E-state index contributed by atoms with van der Waals surface area (Å²) < 4.78 is 5.34. The molecule has 4 nitrogen and oxygen atoms in total. The fraction of sp³-hybridized carbons (Fsp3) is 0.400. The number of thiazole rings is 1. The zero-order chi connectivity index (χ0) is 15.4. The fourth-order valence-electron chi connectivity index (χ4n) is 1.97. The molecule has 21 heavy (non-hydrogen) atoms. The molecule has 1 unspecified atom stereocenters. The summed E-state index contributed by atoms with van der Waals surface area (Å²) in [4.78, 5) is 7.52. The van der Waals surface area contributed by atoms with Crippen LogP contribution in [0.1, 0.15) is 23.4 Å². The molecular weight excluding hydrogens is 306 g/mol. The Hall–Kier alpha value is -1.30. The molecule has 0 aliphatic rings. The van der Waals surface area contributed by atoms with Gasteiger partial charge >= 0.3 is 0 Å². The largest absolute Gasteiger partial charge is 0.480 e. The number of rotatable bonds is 6. The minimum absolute atomic E-state index is 0.160. The Morgan fingerprint density at radius 3 is 2.71 bits per heavy atom. The summed E-state index contributed by atoms with van der Waals surface area (Å²) in [6, 6.07) is 8.04. The van der Waals surface area contributed by atoms with Crippen molar-refractivity contribution in [1.82, 2.24) is 10.3 Å². The van der Waals surface area contributed by atoms with Gasteiger partial charge in [-0.05, 0) is 18.6 Å². The maximum Gasteiger partial charge on any atom is 0.230 e. The van der Waals surface area contributed by atoms with E-state index in [2.05, 4.69) is 17.2 Å². The molecule has 0 amide bonds. The summed E-state index contributed by atoms with van der Waals surface area (Å²) in [7, 11) is 5.60. The molecule has 1 atom stereocenters. The van der Waals surface area contributed by atoms with Crippen molar-refractivity contribution in [2.45, 2.75) is 19.5 Å². The van der Waals surface area contributed by atoms with E-state index in [4.69, 9.17) is 16.3 Å². The molecule has 2 aromatic rings. The molecule has 1 N–H and O–H groups in total. The first-order valence-corrected chi connectivity index (χ1v) is 7.91. The second-order valence-corrected chi connectivity index (χ2v) is 6.42. The number of ether oxygens (including phenoxy) is 1. The summed E-state index contributed by atoms with van der Waals surface area (Å²) in [6.45, 7) is 2.79. The van der Waals surface area contributed by atoms with Crippen LogP contribution in [-0.4, -0.2) is 26.2 Å². The Labute approximate surface area is 134 Å². The molecule has 0 bridgehead atoms. The Balaban J connectivity index is 2.07. The molecule has 1 aromatic carbocycles. The van der Waals surface area contributed by atoms with Crippen LogP contribution in [0.3, 0.4) is 0 Å². The summed E-state index contributed by atoms with van der Waals surface area (Å²) in [6.07, 6.45) is 0. The van der Waals surface area contributed by atoms with Crippen LogP contribution in [-0.2, 0) is 6.54 Å². The molecule has 0 aliphatic carbocycles. The minimum Gasteiger partial charge on any atom is -0.480 e. The average Bonchev–Trinajstić information content (AvgIpc) is 2.88. The van der Waals surface area contributed by atoms with E-state index in [0.29, 0.717) is 12.4 Å². The van der Waals surface area contributed by atoms with E-state index < -0.39 is 0 Å². The molecule has 6 heteroatoms. The van der Waals surface area contributed by atoms with Crippen molar-refractivity contribution in [2.75, 3.05) is 26.1 Å². The monoisotopic (exact) mass is 325 g/mol. The number of halogens is 1. The molecule has 0 saturated heterocycles. The second kappa shape index (κ2) is 7.11. The maximum atomic E-state index is 6.22. The molecule has 1 heterocycles. The summed E-state index contributed by atoms with van der Waals surface area (Å²) in [5.74, 6) is 0.683. The number of nitrogens with zero attached hydrogens (tertiary/aromatic N) is 2. The summed E-state index contributed by atoms with van der Waals surface area (Å²) in [5, 5.41) is 5.19. The lowest BCUT2D eigenvalue weighted by Crippen LogP contribution is -2.18. The SMILES string of the molecule is COc1nc(N(C)C)sc1CNC(C)c1ccccc1Cl. The van der Waals surface area contributed by atoms with Gasteiger partial charge in [-0.3, -0.25) is 0 Å². The van der Waals surface area contributed by atoms with Crippen LogP contribution in [0, 0.1) is 0 Å². The highest BCUT2D eigenvalue weighted by atomic mass is 35.5. The van der Waals surface area contributed by atoms with Crippen molar-refractivity contribution in [3.05, 3.63) is 39.7 Å². The van der Waals surface area contributed by atoms with Gasteiger partial charge in [-0.2, -0.15) is 4.98 Å². The minimum atomic E-state index is 0.160. The lowest BCUT2D eigenvalue weighted by molar-refractivity contribution is 0.393. The van der Waals surface area contributed by atoms with E-state index >= 15 is 0 Å². The normalized spacial score (nSPS) is 12.2. The van der Waals surface area contributed by atoms with Crippen LogP contribution in [0.25, 0.3) is 0 Å². The van der Waals surface area contributed by atoms with Crippen molar-refractivity contribution in [1.29, 1.82) is 0 Å². The number of nitrogens with one attached hydrogen (secondary N) is 1. The first-order chi connectivity index (χ1) is 10.0. The van der Waals surface area contributed by atoms with Gasteiger partial charge in [0.1, 0.15) is 0 Å². The van der Waals surface area contributed by atoms with Gasteiger partial charge in [0.15, 0.2) is 5.13 Å². The van der Waals surface area contributed by atoms with Crippen LogP contribution >= 0.6 is 22.9 Å². The van der Waals surface area contributed by atoms with Gasteiger partial charge in [0.2, 0.25) is 5.88 Å². The number of hydrogen-bond donors (Lipinski definition) is 1. The van der Waals surface area contributed by atoms with Crippen LogP contribution in [0.5, 0.6) is 5.88 Å². The van der Waals surface area contributed by atoms with Gasteiger partial charge in [0.05, 0.1) is 12.0 Å². The molecular formula is C15H20ClN3OS. The number of methoxy groups -OCH3 is 1. The predicted molar refractivity (Wildman–Crippen MR) is 89.7 cm³/mol. The van der Waals surface area contributed by atoms with Crippen molar-refractivity contribution in [3.63, 3.8) is 0 Å². The molecule has 0 aliphatic heterocycles. The lowest BCUT2D eigenvalue weighted by atomic mass is 10.1. The average molecular weight is 326 g/mol. The first kappa shape index (κ1) is 16.1. The van der Waals surface area contributed by atoms with E-state index in [1.54, 1.807) is 18.4 Å². The van der Waals surface area contributed by atoms with Crippen LogP contribution < -0.4 is 15.0 Å². The summed E-state index contributed by atoms with van der Waals surface area (Å²) in [5.41, 5.74) is 1.09. The van der Waals surface area contributed by atoms with Gasteiger partial charge in [-0.25, -0.2) is 0 Å². The maximum absolute atomic E-state index is 6.22. The Morgan fingerprint density at radius 1 is 1.38 bits per heavy atom.